The smallest absolute Gasteiger partial charge is 0.119 e. The summed E-state index contributed by atoms with van der Waals surface area (Å²) < 4.78 is 5.41. The molecule has 0 N–H and O–H groups in total. The van der Waals surface area contributed by atoms with Gasteiger partial charge in [0.15, 0.2) is 0 Å². The molecule has 0 saturated heterocycles. The van der Waals surface area contributed by atoms with E-state index in [2.05, 4.69) is 4.98 Å². The molecule has 18 heavy (non-hydrogen) atoms. The third-order valence-corrected chi connectivity index (χ3v) is 3.12. The van der Waals surface area contributed by atoms with Crippen LogP contribution in [-0.2, 0) is 6.42 Å². The number of hydrogen-bond acceptors (Lipinski definition) is 2. The predicted molar refractivity (Wildman–Crippen MR) is 74.1 cm³/mol. The van der Waals surface area contributed by atoms with Gasteiger partial charge < -0.3 is 4.74 Å². The Hall–Kier alpha value is -1.54. The molecule has 0 saturated carbocycles. The summed E-state index contributed by atoms with van der Waals surface area (Å²) in [6.45, 7) is 2.66. The molecule has 0 aliphatic rings. The van der Waals surface area contributed by atoms with Crippen LogP contribution in [-0.4, -0.2) is 11.6 Å². The van der Waals surface area contributed by atoms with E-state index >= 15 is 0 Å². The Labute approximate surface area is 113 Å². The Balaban J connectivity index is 2.02. The third kappa shape index (κ3) is 3.47. The van der Waals surface area contributed by atoms with Gasteiger partial charge in [0.1, 0.15) is 5.75 Å². The van der Waals surface area contributed by atoms with E-state index in [9.17, 15) is 0 Å². The highest BCUT2D eigenvalue weighted by Gasteiger charge is 2.08. The van der Waals surface area contributed by atoms with Crippen molar-refractivity contribution in [2.45, 2.75) is 18.7 Å². The minimum absolute atomic E-state index is 0.0249. The van der Waals surface area contributed by atoms with Crippen molar-refractivity contribution < 1.29 is 4.74 Å². The van der Waals surface area contributed by atoms with E-state index in [1.807, 2.05) is 43.3 Å². The van der Waals surface area contributed by atoms with Crippen molar-refractivity contribution in [3.05, 3.63) is 59.9 Å². The number of halogens is 1. The Morgan fingerprint density at radius 2 is 1.78 bits per heavy atom. The molecule has 3 heteroatoms. The predicted octanol–water partition coefficient (Wildman–Crippen LogP) is 4.00. The van der Waals surface area contributed by atoms with Crippen molar-refractivity contribution in [2.75, 3.05) is 6.61 Å². The Morgan fingerprint density at radius 1 is 1.11 bits per heavy atom. The molecule has 1 unspecified atom stereocenters. The van der Waals surface area contributed by atoms with Gasteiger partial charge in [0.05, 0.1) is 12.0 Å². The number of aromatic nitrogens is 1. The molecule has 0 spiro atoms. The van der Waals surface area contributed by atoms with Gasteiger partial charge >= 0.3 is 0 Å². The quantitative estimate of drug-likeness (QED) is 0.759. The molecule has 94 valence electrons. The summed E-state index contributed by atoms with van der Waals surface area (Å²) >= 11 is 6.41. The van der Waals surface area contributed by atoms with E-state index in [1.165, 1.54) is 5.56 Å². The van der Waals surface area contributed by atoms with Crippen LogP contribution in [0.15, 0.2) is 48.8 Å². The lowest BCUT2D eigenvalue weighted by Crippen LogP contribution is -1.97. The lowest BCUT2D eigenvalue weighted by molar-refractivity contribution is 0.340. The molecule has 2 nitrogen and oxygen atoms in total. The lowest BCUT2D eigenvalue weighted by Gasteiger charge is -2.11. The zero-order valence-corrected chi connectivity index (χ0v) is 11.1. The second kappa shape index (κ2) is 6.41. The van der Waals surface area contributed by atoms with Crippen LogP contribution in [0.25, 0.3) is 0 Å². The first kappa shape index (κ1) is 12.9. The Bertz CT molecular complexity index is 470. The van der Waals surface area contributed by atoms with Crippen LogP contribution < -0.4 is 4.74 Å². The molecule has 0 radical (unpaired) electrons. The number of alkyl halides is 1. The van der Waals surface area contributed by atoms with E-state index in [4.69, 9.17) is 16.3 Å². The average Bonchev–Trinajstić information content (AvgIpc) is 2.41. The van der Waals surface area contributed by atoms with Crippen molar-refractivity contribution in [1.82, 2.24) is 4.98 Å². The van der Waals surface area contributed by atoms with Gasteiger partial charge in [0, 0.05) is 12.4 Å². The van der Waals surface area contributed by atoms with Crippen molar-refractivity contribution in [1.29, 1.82) is 0 Å². The zero-order chi connectivity index (χ0) is 12.8. The molecule has 1 aromatic heterocycles. The van der Waals surface area contributed by atoms with E-state index < -0.39 is 0 Å². The van der Waals surface area contributed by atoms with Crippen molar-refractivity contribution in [3.8, 4) is 5.75 Å². The summed E-state index contributed by atoms with van der Waals surface area (Å²) in [4.78, 5) is 4.00. The standard InChI is InChI=1S/C15H16ClNO/c1-2-18-14-5-3-13(4-6-14)15(16)11-12-7-9-17-10-8-12/h3-10,15H,2,11H2,1H3. The molecule has 1 aromatic carbocycles. The Morgan fingerprint density at radius 3 is 2.39 bits per heavy atom. The van der Waals surface area contributed by atoms with Gasteiger partial charge in [-0.05, 0) is 48.7 Å². The summed E-state index contributed by atoms with van der Waals surface area (Å²) in [5, 5.41) is -0.0249. The number of hydrogen-bond donors (Lipinski definition) is 0. The molecular formula is C15H16ClNO. The number of ether oxygens (including phenoxy) is 1. The highest BCUT2D eigenvalue weighted by molar-refractivity contribution is 6.20. The Kier molecular flexibility index (Phi) is 4.59. The number of rotatable bonds is 5. The van der Waals surface area contributed by atoms with E-state index in [1.54, 1.807) is 12.4 Å². The SMILES string of the molecule is CCOc1ccc(C(Cl)Cc2ccncc2)cc1. The van der Waals surface area contributed by atoms with Gasteiger partial charge in [-0.15, -0.1) is 11.6 Å². The molecule has 1 atom stereocenters. The molecule has 0 aliphatic heterocycles. The van der Waals surface area contributed by atoms with Gasteiger partial charge in [-0.1, -0.05) is 12.1 Å². The minimum atomic E-state index is -0.0249. The fraction of sp³-hybridized carbons (Fsp3) is 0.267. The second-order valence-electron chi connectivity index (χ2n) is 4.03. The maximum absolute atomic E-state index is 6.41. The first-order chi connectivity index (χ1) is 8.79. The summed E-state index contributed by atoms with van der Waals surface area (Å²) in [6, 6.07) is 11.9. The van der Waals surface area contributed by atoms with E-state index in [0.29, 0.717) is 6.61 Å². The fourth-order valence-electron chi connectivity index (χ4n) is 1.78. The van der Waals surface area contributed by atoms with Gasteiger partial charge in [0.2, 0.25) is 0 Å². The molecular weight excluding hydrogens is 246 g/mol. The van der Waals surface area contributed by atoms with Crippen LogP contribution in [0.5, 0.6) is 5.75 Å². The zero-order valence-electron chi connectivity index (χ0n) is 10.3. The largest absolute Gasteiger partial charge is 0.494 e. The summed E-state index contributed by atoms with van der Waals surface area (Å²) in [7, 11) is 0. The first-order valence-electron chi connectivity index (χ1n) is 6.05. The van der Waals surface area contributed by atoms with Crippen LogP contribution in [0.4, 0.5) is 0 Å². The van der Waals surface area contributed by atoms with Crippen molar-refractivity contribution in [2.24, 2.45) is 0 Å². The minimum Gasteiger partial charge on any atom is -0.494 e. The second-order valence-corrected chi connectivity index (χ2v) is 4.56. The van der Waals surface area contributed by atoms with Crippen LogP contribution in [0.3, 0.4) is 0 Å². The van der Waals surface area contributed by atoms with E-state index in [-0.39, 0.29) is 5.38 Å². The summed E-state index contributed by atoms with van der Waals surface area (Å²) in [5.74, 6) is 0.883. The van der Waals surface area contributed by atoms with Crippen molar-refractivity contribution in [3.63, 3.8) is 0 Å². The maximum atomic E-state index is 6.41. The molecule has 2 aromatic rings. The average molecular weight is 262 g/mol. The summed E-state index contributed by atoms with van der Waals surface area (Å²) in [6.07, 6.45) is 4.38. The molecule has 0 bridgehead atoms. The molecule has 2 rings (SSSR count). The van der Waals surface area contributed by atoms with Crippen LogP contribution >= 0.6 is 11.6 Å². The number of benzene rings is 1. The lowest BCUT2D eigenvalue weighted by atomic mass is 10.0. The van der Waals surface area contributed by atoms with Gasteiger partial charge in [-0.25, -0.2) is 0 Å². The highest BCUT2D eigenvalue weighted by Crippen LogP contribution is 2.26. The molecule has 1 heterocycles. The third-order valence-electron chi connectivity index (χ3n) is 2.72. The molecule has 0 fully saturated rings. The van der Waals surface area contributed by atoms with Gasteiger partial charge in [0.25, 0.3) is 0 Å². The number of nitrogens with zero attached hydrogens (tertiary/aromatic N) is 1. The summed E-state index contributed by atoms with van der Waals surface area (Å²) in [5.41, 5.74) is 2.30. The van der Waals surface area contributed by atoms with Gasteiger partial charge in [-0.2, -0.15) is 0 Å². The van der Waals surface area contributed by atoms with Crippen molar-refractivity contribution >= 4 is 11.6 Å². The van der Waals surface area contributed by atoms with Crippen LogP contribution in [0.2, 0.25) is 0 Å². The topological polar surface area (TPSA) is 22.1 Å². The van der Waals surface area contributed by atoms with E-state index in [0.717, 1.165) is 17.7 Å². The monoisotopic (exact) mass is 261 g/mol. The van der Waals surface area contributed by atoms with Crippen LogP contribution in [0, 0.1) is 0 Å². The molecule has 0 aliphatic carbocycles. The van der Waals surface area contributed by atoms with Gasteiger partial charge in [-0.3, -0.25) is 4.98 Å². The highest BCUT2D eigenvalue weighted by atomic mass is 35.5. The number of pyridine rings is 1. The first-order valence-corrected chi connectivity index (χ1v) is 6.49. The van der Waals surface area contributed by atoms with Crippen LogP contribution in [0.1, 0.15) is 23.4 Å². The molecule has 0 amide bonds. The fourth-order valence-corrected chi connectivity index (χ4v) is 2.11. The normalized spacial score (nSPS) is 12.1. The maximum Gasteiger partial charge on any atom is 0.119 e.